The molecule has 18 heavy (non-hydrogen) atoms. The Morgan fingerprint density at radius 2 is 2.17 bits per heavy atom. The molecule has 0 fully saturated rings. The van der Waals surface area contributed by atoms with Gasteiger partial charge in [0.05, 0.1) is 16.6 Å². The van der Waals surface area contributed by atoms with Crippen molar-refractivity contribution in [3.05, 3.63) is 38.4 Å². The number of thiophene rings is 1. The Morgan fingerprint density at radius 1 is 1.50 bits per heavy atom. The van der Waals surface area contributed by atoms with Gasteiger partial charge in [0.25, 0.3) is 0 Å². The fraction of sp³-hybridized carbons (Fsp3) is 0.467. The summed E-state index contributed by atoms with van der Waals surface area (Å²) in [6.45, 7) is 12.8. The van der Waals surface area contributed by atoms with Gasteiger partial charge in [-0.25, -0.2) is 0 Å². The summed E-state index contributed by atoms with van der Waals surface area (Å²) >= 11 is 6.52. The zero-order valence-corrected chi connectivity index (χ0v) is 13.2. The van der Waals surface area contributed by atoms with Crippen LogP contribution >= 0.6 is 24.0 Å². The summed E-state index contributed by atoms with van der Waals surface area (Å²) in [7, 11) is 0. The highest BCUT2D eigenvalue weighted by Crippen LogP contribution is 2.43. The summed E-state index contributed by atoms with van der Waals surface area (Å²) in [6, 6.07) is 0.300. The van der Waals surface area contributed by atoms with E-state index < -0.39 is 0 Å². The fourth-order valence-electron chi connectivity index (χ4n) is 2.57. The topological polar surface area (TPSA) is 12.0 Å². The Labute approximate surface area is 119 Å². The van der Waals surface area contributed by atoms with Crippen molar-refractivity contribution >= 4 is 29.7 Å². The first kappa shape index (κ1) is 13.8. The summed E-state index contributed by atoms with van der Waals surface area (Å²) < 4.78 is 0. The molecule has 2 unspecified atom stereocenters. The summed E-state index contributed by atoms with van der Waals surface area (Å²) in [5, 5.41) is 3.60. The molecule has 1 N–H and O–H groups in total. The Bertz CT molecular complexity index is 511. The van der Waals surface area contributed by atoms with Gasteiger partial charge in [-0.15, -0.1) is 30.5 Å². The number of fused-ring (bicyclic) bond motifs is 1. The third-order valence-corrected chi connectivity index (χ3v) is 5.62. The van der Waals surface area contributed by atoms with Crippen molar-refractivity contribution in [3.63, 3.8) is 0 Å². The van der Waals surface area contributed by atoms with Crippen LogP contribution in [0.3, 0.4) is 0 Å². The van der Waals surface area contributed by atoms with Gasteiger partial charge in [0.2, 0.25) is 0 Å². The van der Waals surface area contributed by atoms with E-state index in [0.29, 0.717) is 12.0 Å². The number of hydrogen-bond donors (Lipinski definition) is 2. The zero-order chi connectivity index (χ0) is 13.4. The third-order valence-electron chi connectivity index (χ3n) is 3.84. The predicted octanol–water partition coefficient (Wildman–Crippen LogP) is 4.63. The molecule has 0 saturated carbocycles. The lowest BCUT2D eigenvalue weighted by Crippen LogP contribution is -2.35. The second kappa shape index (κ2) is 5.14. The first-order valence-electron chi connectivity index (χ1n) is 6.42. The largest absolute Gasteiger partial charge is 0.376 e. The maximum Gasteiger partial charge on any atom is 0.0617 e. The van der Waals surface area contributed by atoms with Crippen LogP contribution in [0.25, 0.3) is 5.70 Å². The molecule has 0 radical (unpaired) electrons. The minimum Gasteiger partial charge on any atom is -0.376 e. The monoisotopic (exact) mass is 279 g/mol. The smallest absolute Gasteiger partial charge is 0.0617 e. The lowest BCUT2D eigenvalue weighted by Gasteiger charge is -2.32. The highest BCUT2D eigenvalue weighted by atomic mass is 32.1. The first-order chi connectivity index (χ1) is 8.51. The van der Waals surface area contributed by atoms with Crippen molar-refractivity contribution in [1.29, 1.82) is 0 Å². The van der Waals surface area contributed by atoms with Crippen molar-refractivity contribution in [2.45, 2.75) is 46.1 Å². The molecule has 0 spiro atoms. The van der Waals surface area contributed by atoms with Crippen molar-refractivity contribution in [3.8, 4) is 0 Å². The minimum atomic E-state index is 0.300. The molecule has 0 saturated heterocycles. The van der Waals surface area contributed by atoms with Crippen molar-refractivity contribution in [2.75, 3.05) is 0 Å². The quantitative estimate of drug-likeness (QED) is 0.594. The van der Waals surface area contributed by atoms with Crippen molar-refractivity contribution in [1.82, 2.24) is 5.32 Å². The van der Waals surface area contributed by atoms with Gasteiger partial charge in [-0.05, 0) is 31.4 Å². The first-order valence-corrected chi connectivity index (χ1v) is 7.69. The van der Waals surface area contributed by atoms with E-state index in [1.807, 2.05) is 17.4 Å². The van der Waals surface area contributed by atoms with Gasteiger partial charge in [0, 0.05) is 15.7 Å². The van der Waals surface area contributed by atoms with E-state index in [1.165, 1.54) is 26.6 Å². The molecule has 2 atom stereocenters. The van der Waals surface area contributed by atoms with E-state index in [2.05, 4.69) is 52.2 Å². The van der Waals surface area contributed by atoms with Gasteiger partial charge in [-0.2, -0.15) is 0 Å². The lowest BCUT2D eigenvalue weighted by molar-refractivity contribution is 0.580. The lowest BCUT2D eigenvalue weighted by atomic mass is 9.86. The van der Waals surface area contributed by atoms with Crippen LogP contribution < -0.4 is 5.32 Å². The molecule has 0 amide bonds. The summed E-state index contributed by atoms with van der Waals surface area (Å²) in [6.07, 6.45) is 2.97. The van der Waals surface area contributed by atoms with E-state index in [1.54, 1.807) is 0 Å². The molecule has 1 nitrogen and oxygen atoms in total. The summed E-state index contributed by atoms with van der Waals surface area (Å²) in [4.78, 5) is 3.92. The zero-order valence-electron chi connectivity index (χ0n) is 11.5. The van der Waals surface area contributed by atoms with Gasteiger partial charge in [-0.3, -0.25) is 0 Å². The number of rotatable bonds is 2. The van der Waals surface area contributed by atoms with Crippen LogP contribution in [0.1, 0.15) is 47.1 Å². The van der Waals surface area contributed by atoms with Crippen molar-refractivity contribution < 1.29 is 0 Å². The van der Waals surface area contributed by atoms with Crippen LogP contribution in [0.15, 0.2) is 17.6 Å². The molecule has 1 aliphatic heterocycles. The molecular formula is C15H21NS2. The normalized spacial score (nSPS) is 25.4. The molecule has 0 aliphatic carbocycles. The standard InChI is InChI=1S/C15H21NS2/c1-6-11-9(4)13-8(3)10(5)18-15(13)14(16-11)12(17)7-2/h6,9,11,16-17H,1,7H2,2-5H3/b14-12+. The van der Waals surface area contributed by atoms with Crippen molar-refractivity contribution in [2.24, 2.45) is 0 Å². The van der Waals surface area contributed by atoms with Crippen LogP contribution in [0.4, 0.5) is 0 Å². The second-order valence-corrected chi connectivity index (χ2v) is 6.66. The van der Waals surface area contributed by atoms with E-state index in [9.17, 15) is 0 Å². The van der Waals surface area contributed by atoms with Crippen LogP contribution in [0.2, 0.25) is 0 Å². The number of hydrogen-bond acceptors (Lipinski definition) is 3. The summed E-state index contributed by atoms with van der Waals surface area (Å²) in [5.41, 5.74) is 4.13. The van der Waals surface area contributed by atoms with Crippen LogP contribution in [-0.2, 0) is 0 Å². The Kier molecular flexibility index (Phi) is 3.93. The Morgan fingerprint density at radius 3 is 2.72 bits per heavy atom. The van der Waals surface area contributed by atoms with Crippen LogP contribution in [0.5, 0.6) is 0 Å². The molecule has 3 heteroatoms. The molecule has 1 aromatic rings. The number of allylic oxidation sites excluding steroid dienone is 1. The number of aryl methyl sites for hydroxylation is 1. The minimum absolute atomic E-state index is 0.300. The predicted molar refractivity (Wildman–Crippen MR) is 85.5 cm³/mol. The van der Waals surface area contributed by atoms with Gasteiger partial charge in [0.1, 0.15) is 0 Å². The maximum atomic E-state index is 4.64. The average molecular weight is 279 g/mol. The molecule has 0 aromatic carbocycles. The van der Waals surface area contributed by atoms with Crippen LogP contribution in [-0.4, -0.2) is 6.04 Å². The second-order valence-electron chi connectivity index (χ2n) is 4.90. The average Bonchev–Trinajstić information content (AvgIpc) is 2.66. The van der Waals surface area contributed by atoms with Gasteiger partial charge < -0.3 is 5.32 Å². The van der Waals surface area contributed by atoms with E-state index in [0.717, 1.165) is 11.3 Å². The molecular weight excluding hydrogens is 258 g/mol. The molecule has 2 rings (SSSR count). The van der Waals surface area contributed by atoms with Gasteiger partial charge in [0.15, 0.2) is 0 Å². The Balaban J connectivity index is 2.67. The molecule has 98 valence electrons. The molecule has 1 aromatic heterocycles. The van der Waals surface area contributed by atoms with E-state index in [4.69, 9.17) is 0 Å². The SMILES string of the molecule is C=CC1N/C(=C(/S)CC)c2sc(C)c(C)c2C1C. The fourth-order valence-corrected chi connectivity index (χ4v) is 4.12. The molecule has 1 aliphatic rings. The third kappa shape index (κ3) is 2.04. The van der Waals surface area contributed by atoms with E-state index >= 15 is 0 Å². The highest BCUT2D eigenvalue weighted by Gasteiger charge is 2.31. The van der Waals surface area contributed by atoms with Gasteiger partial charge in [-0.1, -0.05) is 19.9 Å². The Hall–Kier alpha value is -0.670. The van der Waals surface area contributed by atoms with Gasteiger partial charge >= 0.3 is 0 Å². The molecule has 0 bridgehead atoms. The number of nitrogens with one attached hydrogen (secondary N) is 1. The highest BCUT2D eigenvalue weighted by molar-refractivity contribution is 7.84. The number of thiol groups is 1. The maximum absolute atomic E-state index is 4.64. The summed E-state index contributed by atoms with van der Waals surface area (Å²) in [5.74, 6) is 0.476. The molecule has 2 heterocycles. The van der Waals surface area contributed by atoms with E-state index in [-0.39, 0.29) is 0 Å². The van der Waals surface area contributed by atoms with Crippen LogP contribution in [0, 0.1) is 13.8 Å².